The summed E-state index contributed by atoms with van der Waals surface area (Å²) in [6.07, 6.45) is 8.61. The second kappa shape index (κ2) is 8.63. The topological polar surface area (TPSA) is 58.6 Å². The molecule has 164 valence electrons. The minimum atomic E-state index is -0.613. The zero-order valence-corrected chi connectivity index (χ0v) is 17.8. The Morgan fingerprint density at radius 3 is 2.94 bits per heavy atom. The highest BCUT2D eigenvalue weighted by Crippen LogP contribution is 2.45. The van der Waals surface area contributed by atoms with Gasteiger partial charge in [-0.05, 0) is 42.9 Å². The molecule has 5 rings (SSSR count). The molecule has 0 bridgehead atoms. The van der Waals surface area contributed by atoms with Crippen LogP contribution < -0.4 is 0 Å². The Labute approximate surface area is 182 Å². The lowest BCUT2D eigenvalue weighted by Crippen LogP contribution is -2.38. The predicted octanol–water partition coefficient (Wildman–Crippen LogP) is 3.01. The van der Waals surface area contributed by atoms with E-state index in [0.717, 1.165) is 37.5 Å². The molecule has 2 aliphatic heterocycles. The zero-order chi connectivity index (χ0) is 21.3. The summed E-state index contributed by atoms with van der Waals surface area (Å²) in [4.78, 5) is 25.2. The molecule has 0 N–H and O–H groups in total. The summed E-state index contributed by atoms with van der Waals surface area (Å²) in [5.74, 6) is 0.507. The van der Waals surface area contributed by atoms with Crippen LogP contribution in [-0.2, 0) is 11.3 Å². The molecule has 1 aliphatic carbocycles. The van der Waals surface area contributed by atoms with E-state index < -0.39 is 5.95 Å². The summed E-state index contributed by atoms with van der Waals surface area (Å²) in [7, 11) is 0. The molecule has 2 saturated heterocycles. The Hall–Kier alpha value is -2.38. The van der Waals surface area contributed by atoms with Crippen LogP contribution in [0.2, 0.25) is 0 Å². The molecule has 7 heteroatoms. The predicted molar refractivity (Wildman–Crippen MR) is 114 cm³/mol. The Bertz CT molecular complexity index is 923. The number of nitrogens with zero attached hydrogens (tertiary/aromatic N) is 4. The van der Waals surface area contributed by atoms with Crippen molar-refractivity contribution in [1.29, 1.82) is 0 Å². The lowest BCUT2D eigenvalue weighted by atomic mass is 9.77. The highest BCUT2D eigenvalue weighted by molar-refractivity contribution is 5.94. The van der Waals surface area contributed by atoms with E-state index in [4.69, 9.17) is 4.74 Å². The summed E-state index contributed by atoms with van der Waals surface area (Å²) in [5, 5.41) is 0. The first-order valence-electron chi connectivity index (χ1n) is 11.2. The second-order valence-corrected chi connectivity index (χ2v) is 9.42. The highest BCUT2D eigenvalue weighted by atomic mass is 19.1. The number of pyridine rings is 2. The lowest BCUT2D eigenvalue weighted by molar-refractivity contribution is 0.0495. The van der Waals surface area contributed by atoms with Crippen molar-refractivity contribution in [3.8, 4) is 0 Å². The first-order chi connectivity index (χ1) is 15.1. The fourth-order valence-corrected chi connectivity index (χ4v) is 5.23. The van der Waals surface area contributed by atoms with Crippen LogP contribution in [0.15, 0.2) is 42.9 Å². The molecule has 1 saturated carbocycles. The molecular formula is C24H29FN4O2. The quantitative estimate of drug-likeness (QED) is 0.640. The number of halogens is 1. The van der Waals surface area contributed by atoms with Crippen LogP contribution in [0.5, 0.6) is 0 Å². The third-order valence-corrected chi connectivity index (χ3v) is 7.05. The normalized spacial score (nSPS) is 26.1. The van der Waals surface area contributed by atoms with Crippen LogP contribution in [0.3, 0.4) is 0 Å². The number of ether oxygens (including phenoxy) is 1. The van der Waals surface area contributed by atoms with Crippen molar-refractivity contribution >= 4 is 5.91 Å². The number of hydrogen-bond donors (Lipinski definition) is 0. The van der Waals surface area contributed by atoms with Crippen molar-refractivity contribution in [3.05, 3.63) is 59.9 Å². The number of carbonyl (C=O) groups is 1. The number of likely N-dealkylation sites (tertiary alicyclic amines) is 2. The van der Waals surface area contributed by atoms with Gasteiger partial charge in [-0.15, -0.1) is 0 Å². The number of carbonyl (C=O) groups excluding carboxylic acids is 1. The van der Waals surface area contributed by atoms with Crippen molar-refractivity contribution in [3.63, 3.8) is 0 Å². The minimum absolute atomic E-state index is 0.0467. The van der Waals surface area contributed by atoms with E-state index in [1.54, 1.807) is 12.3 Å². The SMILES string of the molecule is O=C(c1ccnc(F)c1)N1CC[C@@]2(CN(CC3CC3)C[C@@H]2COCc2cccnc2)C1. The molecule has 4 heterocycles. The molecule has 2 aromatic rings. The van der Waals surface area contributed by atoms with Crippen molar-refractivity contribution < 1.29 is 13.9 Å². The zero-order valence-electron chi connectivity index (χ0n) is 17.8. The third-order valence-electron chi connectivity index (χ3n) is 7.05. The minimum Gasteiger partial charge on any atom is -0.376 e. The Morgan fingerprint density at radius 2 is 2.16 bits per heavy atom. The first kappa shape index (κ1) is 20.5. The van der Waals surface area contributed by atoms with Gasteiger partial charge in [0.2, 0.25) is 5.95 Å². The van der Waals surface area contributed by atoms with Gasteiger partial charge in [0.25, 0.3) is 5.91 Å². The molecule has 0 aromatic carbocycles. The third kappa shape index (κ3) is 4.62. The summed E-state index contributed by atoms with van der Waals surface area (Å²) in [6.45, 7) is 5.85. The first-order valence-corrected chi connectivity index (χ1v) is 11.2. The van der Waals surface area contributed by atoms with Crippen molar-refractivity contribution in [2.75, 3.05) is 39.3 Å². The van der Waals surface area contributed by atoms with E-state index in [2.05, 4.69) is 14.9 Å². The van der Waals surface area contributed by atoms with Crippen LogP contribution in [0, 0.1) is 23.2 Å². The standard InChI is InChI=1S/C24H29FN4O2/c25-22-10-20(5-8-27-22)23(30)29-9-6-24(17-29)16-28(12-18-3-4-18)13-21(24)15-31-14-19-2-1-7-26-11-19/h1-2,5,7-8,10-11,18,21H,3-4,6,9,12-17H2/t21-,24-/m1/s1. The molecule has 0 unspecified atom stereocenters. The summed E-state index contributed by atoms with van der Waals surface area (Å²) in [5.41, 5.74) is 1.50. The van der Waals surface area contributed by atoms with Gasteiger partial charge in [-0.1, -0.05) is 6.07 Å². The number of rotatable bonds is 7. The molecule has 0 radical (unpaired) electrons. The van der Waals surface area contributed by atoms with Gasteiger partial charge in [-0.3, -0.25) is 9.78 Å². The van der Waals surface area contributed by atoms with E-state index in [1.165, 1.54) is 25.1 Å². The Balaban J connectivity index is 1.26. The van der Waals surface area contributed by atoms with Crippen LogP contribution in [-0.4, -0.2) is 65.0 Å². The van der Waals surface area contributed by atoms with E-state index >= 15 is 0 Å². The molecule has 6 nitrogen and oxygen atoms in total. The number of hydrogen-bond acceptors (Lipinski definition) is 5. The molecule has 1 amide bonds. The monoisotopic (exact) mass is 424 g/mol. The van der Waals surface area contributed by atoms with E-state index in [-0.39, 0.29) is 11.3 Å². The molecule has 2 aromatic heterocycles. The molecule has 31 heavy (non-hydrogen) atoms. The maximum absolute atomic E-state index is 13.5. The average molecular weight is 425 g/mol. The van der Waals surface area contributed by atoms with Gasteiger partial charge in [-0.2, -0.15) is 4.39 Å². The van der Waals surface area contributed by atoms with E-state index in [1.807, 2.05) is 23.2 Å². The van der Waals surface area contributed by atoms with Gasteiger partial charge in [0.15, 0.2) is 0 Å². The molecule has 3 aliphatic rings. The van der Waals surface area contributed by atoms with Crippen molar-refractivity contribution in [1.82, 2.24) is 19.8 Å². The van der Waals surface area contributed by atoms with E-state index in [0.29, 0.717) is 37.8 Å². The maximum Gasteiger partial charge on any atom is 0.254 e. The van der Waals surface area contributed by atoms with Gasteiger partial charge in [0, 0.05) is 74.3 Å². The number of aromatic nitrogens is 2. The van der Waals surface area contributed by atoms with Crippen molar-refractivity contribution in [2.24, 2.45) is 17.3 Å². The fraction of sp³-hybridized carbons (Fsp3) is 0.542. The largest absolute Gasteiger partial charge is 0.376 e. The maximum atomic E-state index is 13.5. The molecule has 2 atom stereocenters. The average Bonchev–Trinajstić information content (AvgIpc) is 3.39. The Kier molecular flexibility index (Phi) is 5.71. The highest BCUT2D eigenvalue weighted by Gasteiger charge is 2.51. The van der Waals surface area contributed by atoms with E-state index in [9.17, 15) is 9.18 Å². The van der Waals surface area contributed by atoms with Crippen LogP contribution in [0.25, 0.3) is 0 Å². The van der Waals surface area contributed by atoms with Gasteiger partial charge < -0.3 is 14.5 Å². The van der Waals surface area contributed by atoms with Gasteiger partial charge >= 0.3 is 0 Å². The summed E-state index contributed by atoms with van der Waals surface area (Å²) in [6, 6.07) is 6.78. The summed E-state index contributed by atoms with van der Waals surface area (Å²) < 4.78 is 19.6. The van der Waals surface area contributed by atoms with Crippen LogP contribution in [0.4, 0.5) is 4.39 Å². The number of amides is 1. The van der Waals surface area contributed by atoms with Crippen molar-refractivity contribution in [2.45, 2.75) is 25.9 Å². The van der Waals surface area contributed by atoms with Crippen LogP contribution in [0.1, 0.15) is 35.2 Å². The van der Waals surface area contributed by atoms with Gasteiger partial charge in [-0.25, -0.2) is 4.98 Å². The molecular weight excluding hydrogens is 395 g/mol. The van der Waals surface area contributed by atoms with Crippen LogP contribution >= 0.6 is 0 Å². The summed E-state index contributed by atoms with van der Waals surface area (Å²) >= 11 is 0. The second-order valence-electron chi connectivity index (χ2n) is 9.42. The lowest BCUT2D eigenvalue weighted by Gasteiger charge is -2.30. The smallest absolute Gasteiger partial charge is 0.254 e. The fourth-order valence-electron chi connectivity index (χ4n) is 5.23. The van der Waals surface area contributed by atoms with Gasteiger partial charge in [0.05, 0.1) is 13.2 Å². The Morgan fingerprint density at radius 1 is 1.26 bits per heavy atom. The molecule has 3 fully saturated rings. The van der Waals surface area contributed by atoms with Gasteiger partial charge in [0.1, 0.15) is 0 Å². The molecule has 1 spiro atoms.